The predicted octanol–water partition coefficient (Wildman–Crippen LogP) is 3.40. The van der Waals surface area contributed by atoms with Crippen LogP contribution < -0.4 is 0 Å². The third kappa shape index (κ3) is 5.06. The van der Waals surface area contributed by atoms with Gasteiger partial charge in [0, 0.05) is 16.3 Å². The molecule has 0 saturated carbocycles. The molecule has 1 heterocycles. The van der Waals surface area contributed by atoms with Gasteiger partial charge in [0.1, 0.15) is 0 Å². The van der Waals surface area contributed by atoms with E-state index in [0.29, 0.717) is 0 Å². The molecule has 0 N–H and O–H groups in total. The maximum absolute atomic E-state index is 2.23. The van der Waals surface area contributed by atoms with Gasteiger partial charge in [-0.25, -0.2) is 0 Å². The molecule has 76 valence electrons. The SMILES string of the molecule is CC.CCc1ccc(CN(C)C)s1. The zero-order chi connectivity index (χ0) is 10.3. The van der Waals surface area contributed by atoms with Crippen LogP contribution in [0.15, 0.2) is 12.1 Å². The first-order chi connectivity index (χ1) is 6.22. The molecule has 2 heteroatoms. The van der Waals surface area contributed by atoms with Crippen LogP contribution in [0.25, 0.3) is 0 Å². The van der Waals surface area contributed by atoms with Crippen LogP contribution in [0.4, 0.5) is 0 Å². The van der Waals surface area contributed by atoms with E-state index in [1.165, 1.54) is 9.75 Å². The normalized spacial score (nSPS) is 9.69. The van der Waals surface area contributed by atoms with Crippen molar-refractivity contribution in [2.45, 2.75) is 33.7 Å². The third-order valence-electron chi connectivity index (χ3n) is 1.54. The largest absolute Gasteiger partial charge is 0.304 e. The lowest BCUT2D eigenvalue weighted by molar-refractivity contribution is 0.406. The molecule has 0 spiro atoms. The molecule has 0 fully saturated rings. The fourth-order valence-corrected chi connectivity index (χ4v) is 2.09. The molecule has 13 heavy (non-hydrogen) atoms. The van der Waals surface area contributed by atoms with E-state index >= 15 is 0 Å². The Labute approximate surface area is 86.4 Å². The summed E-state index contributed by atoms with van der Waals surface area (Å²) in [7, 11) is 4.21. The Bertz CT molecular complexity index is 216. The van der Waals surface area contributed by atoms with Crippen molar-refractivity contribution in [3.05, 3.63) is 21.9 Å². The Morgan fingerprint density at radius 1 is 1.15 bits per heavy atom. The van der Waals surface area contributed by atoms with Gasteiger partial charge in [-0.2, -0.15) is 0 Å². The number of hydrogen-bond acceptors (Lipinski definition) is 2. The molecule has 0 amide bonds. The quantitative estimate of drug-likeness (QED) is 0.721. The van der Waals surface area contributed by atoms with Crippen molar-refractivity contribution in [3.63, 3.8) is 0 Å². The summed E-state index contributed by atoms with van der Waals surface area (Å²) in [6, 6.07) is 4.45. The Morgan fingerprint density at radius 2 is 1.69 bits per heavy atom. The highest BCUT2D eigenvalue weighted by Gasteiger charge is 1.98. The van der Waals surface area contributed by atoms with Gasteiger partial charge in [0.25, 0.3) is 0 Å². The average Bonchev–Trinajstić information content (AvgIpc) is 2.55. The van der Waals surface area contributed by atoms with E-state index in [1.807, 2.05) is 25.2 Å². The summed E-state index contributed by atoms with van der Waals surface area (Å²) in [5, 5.41) is 0. The zero-order valence-corrected chi connectivity index (χ0v) is 10.2. The Balaban J connectivity index is 0.000000671. The minimum absolute atomic E-state index is 1.07. The van der Waals surface area contributed by atoms with E-state index in [9.17, 15) is 0 Å². The molecule has 0 aliphatic rings. The van der Waals surface area contributed by atoms with E-state index in [2.05, 4.69) is 38.1 Å². The first-order valence-electron chi connectivity index (χ1n) is 4.94. The summed E-state index contributed by atoms with van der Waals surface area (Å²) in [5.41, 5.74) is 0. The fourth-order valence-electron chi connectivity index (χ4n) is 1.01. The van der Waals surface area contributed by atoms with Gasteiger partial charge < -0.3 is 4.90 Å². The monoisotopic (exact) mass is 199 g/mol. The predicted molar refractivity (Wildman–Crippen MR) is 62.4 cm³/mol. The van der Waals surface area contributed by atoms with Gasteiger partial charge in [-0.1, -0.05) is 20.8 Å². The standard InChI is InChI=1S/C9H15NS.C2H6/c1-4-8-5-6-9(11-8)7-10(2)3;1-2/h5-6H,4,7H2,1-3H3;1-2H3. The molecule has 1 rings (SSSR count). The minimum Gasteiger partial charge on any atom is -0.304 e. The van der Waals surface area contributed by atoms with Crippen molar-refractivity contribution >= 4 is 11.3 Å². The molecule has 0 saturated heterocycles. The Hall–Kier alpha value is -0.340. The zero-order valence-electron chi connectivity index (χ0n) is 9.42. The average molecular weight is 199 g/mol. The van der Waals surface area contributed by atoms with E-state index in [0.717, 1.165) is 13.0 Å². The Morgan fingerprint density at radius 3 is 2.08 bits per heavy atom. The van der Waals surface area contributed by atoms with Crippen LogP contribution in [0.3, 0.4) is 0 Å². The lowest BCUT2D eigenvalue weighted by Gasteiger charge is -2.05. The van der Waals surface area contributed by atoms with Crippen molar-refractivity contribution < 1.29 is 0 Å². The minimum atomic E-state index is 1.07. The highest BCUT2D eigenvalue weighted by atomic mass is 32.1. The molecule has 0 atom stereocenters. The van der Waals surface area contributed by atoms with Gasteiger partial charge in [-0.05, 0) is 32.6 Å². The second-order valence-corrected chi connectivity index (χ2v) is 4.21. The van der Waals surface area contributed by atoms with Crippen LogP contribution in [-0.2, 0) is 13.0 Å². The highest BCUT2D eigenvalue weighted by Crippen LogP contribution is 2.17. The van der Waals surface area contributed by atoms with Gasteiger partial charge >= 0.3 is 0 Å². The van der Waals surface area contributed by atoms with E-state index in [4.69, 9.17) is 0 Å². The summed E-state index contributed by atoms with van der Waals surface area (Å²) >= 11 is 1.92. The maximum atomic E-state index is 2.23. The summed E-state index contributed by atoms with van der Waals surface area (Å²) in [6.45, 7) is 7.27. The van der Waals surface area contributed by atoms with E-state index < -0.39 is 0 Å². The molecule has 1 aromatic rings. The molecule has 1 aromatic heterocycles. The molecular formula is C11H21NS. The van der Waals surface area contributed by atoms with Gasteiger partial charge in [0.05, 0.1) is 0 Å². The molecule has 0 bridgehead atoms. The van der Waals surface area contributed by atoms with E-state index in [-0.39, 0.29) is 0 Å². The fraction of sp³-hybridized carbons (Fsp3) is 0.636. The molecule has 0 radical (unpaired) electrons. The first-order valence-corrected chi connectivity index (χ1v) is 5.76. The van der Waals surface area contributed by atoms with Gasteiger partial charge in [0.2, 0.25) is 0 Å². The summed E-state index contributed by atoms with van der Waals surface area (Å²) < 4.78 is 0. The van der Waals surface area contributed by atoms with Crippen LogP contribution in [0, 0.1) is 0 Å². The Kier molecular flexibility index (Phi) is 6.92. The molecule has 0 unspecified atom stereocenters. The summed E-state index contributed by atoms with van der Waals surface area (Å²) in [4.78, 5) is 5.15. The number of thiophene rings is 1. The number of nitrogens with zero attached hydrogens (tertiary/aromatic N) is 1. The number of hydrogen-bond donors (Lipinski definition) is 0. The van der Waals surface area contributed by atoms with Crippen LogP contribution in [-0.4, -0.2) is 19.0 Å². The van der Waals surface area contributed by atoms with Gasteiger partial charge in [0.15, 0.2) is 0 Å². The molecule has 0 aromatic carbocycles. The first kappa shape index (κ1) is 12.7. The lowest BCUT2D eigenvalue weighted by Crippen LogP contribution is -2.09. The second-order valence-electron chi connectivity index (χ2n) is 2.96. The molecule has 1 nitrogen and oxygen atoms in total. The third-order valence-corrected chi connectivity index (χ3v) is 2.75. The van der Waals surface area contributed by atoms with Crippen molar-refractivity contribution in [2.75, 3.05) is 14.1 Å². The van der Waals surface area contributed by atoms with Crippen LogP contribution >= 0.6 is 11.3 Å². The van der Waals surface area contributed by atoms with Crippen LogP contribution in [0.2, 0.25) is 0 Å². The number of rotatable bonds is 3. The van der Waals surface area contributed by atoms with E-state index in [1.54, 1.807) is 0 Å². The molecule has 0 aliphatic carbocycles. The van der Waals surface area contributed by atoms with Gasteiger partial charge in [-0.15, -0.1) is 11.3 Å². The van der Waals surface area contributed by atoms with Gasteiger partial charge in [-0.3, -0.25) is 0 Å². The van der Waals surface area contributed by atoms with Crippen LogP contribution in [0.5, 0.6) is 0 Å². The highest BCUT2D eigenvalue weighted by molar-refractivity contribution is 7.11. The van der Waals surface area contributed by atoms with Crippen molar-refractivity contribution in [1.29, 1.82) is 0 Å². The topological polar surface area (TPSA) is 3.24 Å². The molecule has 0 aliphatic heterocycles. The number of aryl methyl sites for hydroxylation is 1. The molecular weight excluding hydrogens is 178 g/mol. The van der Waals surface area contributed by atoms with Crippen molar-refractivity contribution in [2.24, 2.45) is 0 Å². The second kappa shape index (κ2) is 7.10. The van der Waals surface area contributed by atoms with Crippen LogP contribution in [0.1, 0.15) is 30.5 Å². The summed E-state index contributed by atoms with van der Waals surface area (Å²) in [6.07, 6.45) is 1.16. The smallest absolute Gasteiger partial charge is 0.0321 e. The lowest BCUT2D eigenvalue weighted by atomic mass is 10.3. The summed E-state index contributed by atoms with van der Waals surface area (Å²) in [5.74, 6) is 0. The van der Waals surface area contributed by atoms with Crippen molar-refractivity contribution in [1.82, 2.24) is 4.90 Å². The maximum Gasteiger partial charge on any atom is 0.0321 e. The van der Waals surface area contributed by atoms with Crippen molar-refractivity contribution in [3.8, 4) is 0 Å².